The predicted molar refractivity (Wildman–Crippen MR) is 67.1 cm³/mol. The minimum atomic E-state index is -1.27. The Bertz CT molecular complexity index is 431. The maximum atomic E-state index is 11.1. The van der Waals surface area contributed by atoms with Crippen molar-refractivity contribution in [3.05, 3.63) is 23.8 Å². The monoisotopic (exact) mass is 270 g/mol. The number of hydrogen-bond acceptors (Lipinski definition) is 6. The number of rotatable bonds is 6. The summed E-state index contributed by atoms with van der Waals surface area (Å²) in [5.74, 6) is 0.338. The van der Waals surface area contributed by atoms with Gasteiger partial charge in [-0.3, -0.25) is 4.79 Å². The third-order valence-electron chi connectivity index (χ3n) is 2.73. The lowest BCUT2D eigenvalue weighted by Gasteiger charge is -2.19. The number of carbonyl (C=O) groups is 1. The zero-order valence-electron chi connectivity index (χ0n) is 11.1. The van der Waals surface area contributed by atoms with Crippen molar-refractivity contribution in [3.63, 3.8) is 0 Å². The molecule has 106 valence electrons. The van der Waals surface area contributed by atoms with Crippen LogP contribution in [-0.4, -0.2) is 43.6 Å². The molecule has 0 saturated carbocycles. The van der Waals surface area contributed by atoms with Gasteiger partial charge in [-0.2, -0.15) is 0 Å². The normalized spacial score (nSPS) is 13.5. The third kappa shape index (κ3) is 3.84. The first-order valence-electron chi connectivity index (χ1n) is 5.68. The van der Waals surface area contributed by atoms with E-state index in [0.717, 1.165) is 0 Å². The van der Waals surface area contributed by atoms with E-state index in [1.54, 1.807) is 18.2 Å². The standard InChI is InChI=1S/C13H18O6/c1-17-8-4-5-9(11(6-8)18-2)13(16)10(14)7-12(15)19-3/h4-6,10,13-14,16H,7H2,1-3H3. The molecule has 0 heterocycles. The first-order chi connectivity index (χ1) is 9.03. The maximum Gasteiger partial charge on any atom is 0.308 e. The highest BCUT2D eigenvalue weighted by atomic mass is 16.5. The fourth-order valence-electron chi connectivity index (χ4n) is 1.64. The Morgan fingerprint density at radius 3 is 2.42 bits per heavy atom. The molecular weight excluding hydrogens is 252 g/mol. The van der Waals surface area contributed by atoms with Crippen molar-refractivity contribution in [3.8, 4) is 11.5 Å². The van der Waals surface area contributed by atoms with Crippen molar-refractivity contribution in [2.45, 2.75) is 18.6 Å². The van der Waals surface area contributed by atoms with Crippen molar-refractivity contribution >= 4 is 5.97 Å². The summed E-state index contributed by atoms with van der Waals surface area (Å²) in [5, 5.41) is 19.8. The highest BCUT2D eigenvalue weighted by molar-refractivity contribution is 5.69. The van der Waals surface area contributed by atoms with Crippen LogP contribution in [0.4, 0.5) is 0 Å². The van der Waals surface area contributed by atoms with Crippen LogP contribution in [-0.2, 0) is 9.53 Å². The van der Waals surface area contributed by atoms with Gasteiger partial charge in [-0.1, -0.05) is 0 Å². The van der Waals surface area contributed by atoms with Gasteiger partial charge in [0.2, 0.25) is 0 Å². The molecule has 2 unspecified atom stereocenters. The Morgan fingerprint density at radius 1 is 1.21 bits per heavy atom. The smallest absolute Gasteiger partial charge is 0.308 e. The second kappa shape index (κ2) is 6.96. The molecule has 1 aromatic rings. The SMILES string of the molecule is COC(=O)CC(O)C(O)c1ccc(OC)cc1OC. The number of ether oxygens (including phenoxy) is 3. The fraction of sp³-hybridized carbons (Fsp3) is 0.462. The predicted octanol–water partition coefficient (Wildman–Crippen LogP) is 0.661. The van der Waals surface area contributed by atoms with E-state index in [2.05, 4.69) is 4.74 Å². The average Bonchev–Trinajstić information content (AvgIpc) is 2.45. The van der Waals surface area contributed by atoms with Crippen molar-refractivity contribution in [1.82, 2.24) is 0 Å². The summed E-state index contributed by atoms with van der Waals surface area (Å²) < 4.78 is 14.6. The van der Waals surface area contributed by atoms with Gasteiger partial charge in [0.05, 0.1) is 33.9 Å². The van der Waals surface area contributed by atoms with E-state index in [4.69, 9.17) is 9.47 Å². The van der Waals surface area contributed by atoms with E-state index in [1.165, 1.54) is 21.3 Å². The number of benzene rings is 1. The second-order valence-electron chi connectivity index (χ2n) is 3.90. The van der Waals surface area contributed by atoms with Crippen LogP contribution in [0.25, 0.3) is 0 Å². The summed E-state index contributed by atoms with van der Waals surface area (Å²) in [6, 6.07) is 4.79. The summed E-state index contributed by atoms with van der Waals surface area (Å²) in [6.45, 7) is 0. The molecule has 0 saturated heterocycles. The van der Waals surface area contributed by atoms with Crippen molar-refractivity contribution in [2.24, 2.45) is 0 Å². The molecule has 0 aromatic heterocycles. The number of methoxy groups -OCH3 is 3. The molecule has 1 aromatic carbocycles. The molecule has 0 bridgehead atoms. The van der Waals surface area contributed by atoms with Gasteiger partial charge >= 0.3 is 5.97 Å². The maximum absolute atomic E-state index is 11.1. The van der Waals surface area contributed by atoms with Gasteiger partial charge in [0.15, 0.2) is 0 Å². The molecular formula is C13H18O6. The summed E-state index contributed by atoms with van der Waals surface area (Å²) in [5.41, 5.74) is 0.375. The molecule has 2 atom stereocenters. The van der Waals surface area contributed by atoms with Crippen LogP contribution in [0.1, 0.15) is 18.1 Å². The van der Waals surface area contributed by atoms with Crippen LogP contribution in [0.15, 0.2) is 18.2 Å². The molecule has 2 N–H and O–H groups in total. The van der Waals surface area contributed by atoms with Gasteiger partial charge in [-0.25, -0.2) is 0 Å². The van der Waals surface area contributed by atoms with Crippen molar-refractivity contribution in [1.29, 1.82) is 0 Å². The Labute approximate surface area is 111 Å². The second-order valence-corrected chi connectivity index (χ2v) is 3.90. The van der Waals surface area contributed by atoms with Crippen LogP contribution in [0.5, 0.6) is 11.5 Å². The van der Waals surface area contributed by atoms with Crippen LogP contribution in [0.3, 0.4) is 0 Å². The van der Waals surface area contributed by atoms with Gasteiger partial charge in [0.1, 0.15) is 17.6 Å². The lowest BCUT2D eigenvalue weighted by molar-refractivity contribution is -0.144. The van der Waals surface area contributed by atoms with Gasteiger partial charge < -0.3 is 24.4 Å². The zero-order valence-corrected chi connectivity index (χ0v) is 11.1. The highest BCUT2D eigenvalue weighted by Crippen LogP contribution is 2.31. The zero-order chi connectivity index (χ0) is 14.4. The number of aliphatic hydroxyl groups excluding tert-OH is 2. The molecule has 6 nitrogen and oxygen atoms in total. The summed E-state index contributed by atoms with van der Waals surface area (Å²) in [4.78, 5) is 11.1. The Balaban J connectivity index is 2.91. The first-order valence-corrected chi connectivity index (χ1v) is 5.68. The van der Waals surface area contributed by atoms with Crippen molar-refractivity contribution < 1.29 is 29.2 Å². The quantitative estimate of drug-likeness (QED) is 0.739. The number of esters is 1. The number of carbonyl (C=O) groups excluding carboxylic acids is 1. The first kappa shape index (κ1) is 15.3. The van der Waals surface area contributed by atoms with Crippen LogP contribution in [0.2, 0.25) is 0 Å². The molecule has 6 heteroatoms. The summed E-state index contributed by atoms with van der Waals surface area (Å²) >= 11 is 0. The van der Waals surface area contributed by atoms with Gasteiger partial charge in [-0.05, 0) is 12.1 Å². The van der Waals surface area contributed by atoms with Crippen LogP contribution in [0, 0.1) is 0 Å². The van der Waals surface area contributed by atoms with E-state index < -0.39 is 18.2 Å². The summed E-state index contributed by atoms with van der Waals surface area (Å²) in [7, 11) is 4.17. The van der Waals surface area contributed by atoms with E-state index in [9.17, 15) is 15.0 Å². The van der Waals surface area contributed by atoms with E-state index >= 15 is 0 Å². The lowest BCUT2D eigenvalue weighted by Crippen LogP contribution is -2.23. The Kier molecular flexibility index (Phi) is 5.59. The van der Waals surface area contributed by atoms with Crippen molar-refractivity contribution in [2.75, 3.05) is 21.3 Å². The van der Waals surface area contributed by atoms with Gasteiger partial charge in [0.25, 0.3) is 0 Å². The van der Waals surface area contributed by atoms with Gasteiger partial charge in [-0.15, -0.1) is 0 Å². The Morgan fingerprint density at radius 2 is 1.89 bits per heavy atom. The average molecular weight is 270 g/mol. The minimum Gasteiger partial charge on any atom is -0.497 e. The third-order valence-corrected chi connectivity index (χ3v) is 2.73. The van der Waals surface area contributed by atoms with E-state index in [-0.39, 0.29) is 6.42 Å². The topological polar surface area (TPSA) is 85.2 Å². The molecule has 0 aliphatic rings. The molecule has 0 aliphatic carbocycles. The van der Waals surface area contributed by atoms with Crippen LogP contribution >= 0.6 is 0 Å². The fourth-order valence-corrected chi connectivity index (χ4v) is 1.64. The van der Waals surface area contributed by atoms with Gasteiger partial charge in [0, 0.05) is 11.6 Å². The molecule has 0 spiro atoms. The molecule has 0 aliphatic heterocycles. The molecule has 1 rings (SSSR count). The van der Waals surface area contributed by atoms with E-state index in [1.807, 2.05) is 0 Å². The lowest BCUT2D eigenvalue weighted by atomic mass is 10.0. The van der Waals surface area contributed by atoms with Crippen LogP contribution < -0.4 is 9.47 Å². The Hall–Kier alpha value is -1.79. The number of aliphatic hydroxyl groups is 2. The molecule has 19 heavy (non-hydrogen) atoms. The van der Waals surface area contributed by atoms with E-state index in [0.29, 0.717) is 17.1 Å². The molecule has 0 amide bonds. The molecule has 0 radical (unpaired) electrons. The highest BCUT2D eigenvalue weighted by Gasteiger charge is 2.24. The minimum absolute atomic E-state index is 0.299. The summed E-state index contributed by atoms with van der Waals surface area (Å²) in [6.07, 6.45) is -2.82. The molecule has 0 fully saturated rings. The number of hydrogen-bond donors (Lipinski definition) is 2. The largest absolute Gasteiger partial charge is 0.497 e.